The molecule has 0 saturated heterocycles. The Morgan fingerprint density at radius 1 is 0.952 bits per heavy atom. The molecular formula is C16H11F2NOS. The first-order valence-corrected chi connectivity index (χ1v) is 7.17. The smallest absolute Gasteiger partial charge is 0.135 e. The largest absolute Gasteiger partial charge is 0.381 e. The van der Waals surface area contributed by atoms with Crippen molar-refractivity contribution in [3.05, 3.63) is 76.1 Å². The predicted octanol–water partition coefficient (Wildman–Crippen LogP) is 4.17. The van der Waals surface area contributed by atoms with Crippen LogP contribution < -0.4 is 0 Å². The van der Waals surface area contributed by atoms with E-state index in [4.69, 9.17) is 0 Å². The van der Waals surface area contributed by atoms with Gasteiger partial charge in [-0.25, -0.2) is 13.8 Å². The molecule has 1 unspecified atom stereocenters. The fourth-order valence-electron chi connectivity index (χ4n) is 2.05. The van der Waals surface area contributed by atoms with Crippen molar-refractivity contribution >= 4 is 11.3 Å². The zero-order chi connectivity index (χ0) is 14.8. The van der Waals surface area contributed by atoms with Gasteiger partial charge in [0.15, 0.2) is 0 Å². The van der Waals surface area contributed by atoms with Crippen molar-refractivity contribution in [1.82, 2.24) is 4.98 Å². The van der Waals surface area contributed by atoms with Crippen LogP contribution in [0.1, 0.15) is 16.7 Å². The summed E-state index contributed by atoms with van der Waals surface area (Å²) in [5.74, 6) is -1.33. The lowest BCUT2D eigenvalue weighted by Gasteiger charge is -2.07. The van der Waals surface area contributed by atoms with Crippen molar-refractivity contribution in [3.63, 3.8) is 0 Å². The van der Waals surface area contributed by atoms with E-state index in [2.05, 4.69) is 4.98 Å². The first-order chi connectivity index (χ1) is 10.2. The van der Waals surface area contributed by atoms with Crippen LogP contribution in [0.2, 0.25) is 0 Å². The van der Waals surface area contributed by atoms with E-state index in [1.54, 1.807) is 17.5 Å². The minimum absolute atomic E-state index is 0.166. The number of rotatable bonds is 3. The lowest BCUT2D eigenvalue weighted by Crippen LogP contribution is -1.99. The SMILES string of the molecule is OC(c1ccccc1)c1nc(-c2c(F)cccc2F)cs1. The quantitative estimate of drug-likeness (QED) is 0.787. The van der Waals surface area contributed by atoms with Crippen molar-refractivity contribution in [2.24, 2.45) is 0 Å². The maximum absolute atomic E-state index is 13.7. The summed E-state index contributed by atoms with van der Waals surface area (Å²) in [7, 11) is 0. The molecule has 3 rings (SSSR count). The Labute approximate surface area is 124 Å². The van der Waals surface area contributed by atoms with Gasteiger partial charge in [-0.2, -0.15) is 0 Å². The zero-order valence-electron chi connectivity index (χ0n) is 10.8. The van der Waals surface area contributed by atoms with Gasteiger partial charge in [0.2, 0.25) is 0 Å². The first-order valence-electron chi connectivity index (χ1n) is 6.29. The third kappa shape index (κ3) is 2.70. The van der Waals surface area contributed by atoms with Gasteiger partial charge in [0.1, 0.15) is 22.7 Å². The molecule has 2 aromatic carbocycles. The van der Waals surface area contributed by atoms with Gasteiger partial charge in [-0.1, -0.05) is 36.4 Å². The van der Waals surface area contributed by atoms with Gasteiger partial charge in [-0.3, -0.25) is 0 Å². The zero-order valence-corrected chi connectivity index (χ0v) is 11.6. The normalized spacial score (nSPS) is 12.3. The summed E-state index contributed by atoms with van der Waals surface area (Å²) in [6.45, 7) is 0. The van der Waals surface area contributed by atoms with Crippen molar-refractivity contribution < 1.29 is 13.9 Å². The molecular weight excluding hydrogens is 292 g/mol. The Bertz CT molecular complexity index is 738. The highest BCUT2D eigenvalue weighted by Crippen LogP contribution is 2.31. The third-order valence-corrected chi connectivity index (χ3v) is 3.99. The van der Waals surface area contributed by atoms with Crippen molar-refractivity contribution in [3.8, 4) is 11.3 Å². The van der Waals surface area contributed by atoms with Crippen molar-refractivity contribution in [2.45, 2.75) is 6.10 Å². The Morgan fingerprint density at radius 3 is 2.29 bits per heavy atom. The second-order valence-corrected chi connectivity index (χ2v) is 5.37. The molecule has 0 fully saturated rings. The van der Waals surface area contributed by atoms with Crippen molar-refractivity contribution in [2.75, 3.05) is 0 Å². The Morgan fingerprint density at radius 2 is 1.62 bits per heavy atom. The molecule has 2 nitrogen and oxygen atoms in total. The van der Waals surface area contributed by atoms with Crippen LogP contribution in [0.25, 0.3) is 11.3 Å². The van der Waals surface area contributed by atoms with E-state index < -0.39 is 17.7 Å². The molecule has 1 atom stereocenters. The molecule has 5 heteroatoms. The number of halogens is 2. The van der Waals surface area contributed by atoms with Crippen LogP contribution in [-0.2, 0) is 0 Å². The van der Waals surface area contributed by atoms with Crippen LogP contribution in [-0.4, -0.2) is 10.1 Å². The number of hydrogen-bond acceptors (Lipinski definition) is 3. The fraction of sp³-hybridized carbons (Fsp3) is 0.0625. The summed E-state index contributed by atoms with van der Waals surface area (Å²) in [4.78, 5) is 4.17. The summed E-state index contributed by atoms with van der Waals surface area (Å²) in [6.07, 6.45) is -0.903. The van der Waals surface area contributed by atoms with E-state index >= 15 is 0 Å². The summed E-state index contributed by atoms with van der Waals surface area (Å²) < 4.78 is 27.5. The van der Waals surface area contributed by atoms with Gasteiger partial charge >= 0.3 is 0 Å². The standard InChI is InChI=1S/C16H11F2NOS/c17-11-7-4-8-12(18)14(11)13-9-21-16(19-13)15(20)10-5-2-1-3-6-10/h1-9,15,20H. The molecule has 0 aliphatic rings. The number of benzene rings is 2. The minimum Gasteiger partial charge on any atom is -0.381 e. The molecule has 106 valence electrons. The molecule has 1 aromatic heterocycles. The number of aliphatic hydroxyl groups is 1. The van der Waals surface area contributed by atoms with Gasteiger partial charge in [-0.05, 0) is 17.7 Å². The van der Waals surface area contributed by atoms with E-state index in [0.717, 1.165) is 0 Å². The summed E-state index contributed by atoms with van der Waals surface area (Å²) in [5, 5.41) is 12.2. The topological polar surface area (TPSA) is 33.1 Å². The van der Waals surface area contributed by atoms with Gasteiger partial charge in [0, 0.05) is 5.38 Å². The molecule has 0 amide bonds. The number of thiazole rings is 1. The van der Waals surface area contributed by atoms with Gasteiger partial charge in [-0.15, -0.1) is 11.3 Å². The molecule has 21 heavy (non-hydrogen) atoms. The Balaban J connectivity index is 1.97. The van der Waals surface area contributed by atoms with E-state index in [1.165, 1.54) is 29.5 Å². The summed E-state index contributed by atoms with van der Waals surface area (Å²) >= 11 is 1.17. The van der Waals surface area contributed by atoms with Crippen LogP contribution in [0.3, 0.4) is 0 Å². The maximum atomic E-state index is 13.7. The molecule has 0 radical (unpaired) electrons. The van der Waals surface area contributed by atoms with Crippen LogP contribution in [0.5, 0.6) is 0 Å². The third-order valence-electron chi connectivity index (χ3n) is 3.09. The molecule has 1 N–H and O–H groups in total. The van der Waals surface area contributed by atoms with Crippen LogP contribution >= 0.6 is 11.3 Å². The second kappa shape index (κ2) is 5.71. The first kappa shape index (κ1) is 13.9. The van der Waals surface area contributed by atoms with E-state index in [1.807, 2.05) is 18.2 Å². The van der Waals surface area contributed by atoms with Crippen LogP contribution in [0, 0.1) is 11.6 Å². The van der Waals surface area contributed by atoms with E-state index in [-0.39, 0.29) is 11.3 Å². The number of nitrogens with zero attached hydrogens (tertiary/aromatic N) is 1. The number of hydrogen-bond donors (Lipinski definition) is 1. The molecule has 1 heterocycles. The fourth-order valence-corrected chi connectivity index (χ4v) is 2.87. The highest BCUT2D eigenvalue weighted by Gasteiger charge is 2.18. The van der Waals surface area contributed by atoms with E-state index in [9.17, 15) is 13.9 Å². The average Bonchev–Trinajstić information content (AvgIpc) is 2.97. The highest BCUT2D eigenvalue weighted by atomic mass is 32.1. The van der Waals surface area contributed by atoms with E-state index in [0.29, 0.717) is 10.6 Å². The Hall–Kier alpha value is -2.11. The highest BCUT2D eigenvalue weighted by molar-refractivity contribution is 7.10. The molecule has 3 aromatic rings. The second-order valence-electron chi connectivity index (χ2n) is 4.48. The summed E-state index contributed by atoms with van der Waals surface area (Å²) in [6, 6.07) is 12.7. The molecule has 0 aliphatic carbocycles. The van der Waals surface area contributed by atoms with Crippen molar-refractivity contribution in [1.29, 1.82) is 0 Å². The lowest BCUT2D eigenvalue weighted by molar-refractivity contribution is 0.220. The molecule has 0 bridgehead atoms. The van der Waals surface area contributed by atoms with Crippen LogP contribution in [0.4, 0.5) is 8.78 Å². The monoisotopic (exact) mass is 303 g/mol. The molecule has 0 saturated carbocycles. The predicted molar refractivity (Wildman–Crippen MR) is 78.0 cm³/mol. The van der Waals surface area contributed by atoms with Crippen LogP contribution in [0.15, 0.2) is 53.9 Å². The minimum atomic E-state index is -0.903. The average molecular weight is 303 g/mol. The number of aliphatic hydroxyl groups excluding tert-OH is 1. The maximum Gasteiger partial charge on any atom is 0.135 e. The van der Waals surface area contributed by atoms with Gasteiger partial charge in [0.05, 0.1) is 11.3 Å². The number of aromatic nitrogens is 1. The Kier molecular flexibility index (Phi) is 3.77. The molecule has 0 spiro atoms. The molecule has 0 aliphatic heterocycles. The van der Waals surface area contributed by atoms with Gasteiger partial charge < -0.3 is 5.11 Å². The lowest BCUT2D eigenvalue weighted by atomic mass is 10.1. The summed E-state index contributed by atoms with van der Waals surface area (Å²) in [5.41, 5.74) is 0.716. The van der Waals surface area contributed by atoms with Gasteiger partial charge in [0.25, 0.3) is 0 Å².